The number of nitrogens with two attached hydrogens (primary N) is 1. The number of hydrogen-bond donors (Lipinski definition) is 2. The first kappa shape index (κ1) is 13.4. The second-order valence-electron chi connectivity index (χ2n) is 3.22. The summed E-state index contributed by atoms with van der Waals surface area (Å²) in [6.45, 7) is 1.71. The monoisotopic (exact) mass is 320 g/mol. The lowest BCUT2D eigenvalue weighted by Gasteiger charge is -2.12. The number of benzene rings is 1. The van der Waals surface area contributed by atoms with Crippen molar-refractivity contribution in [2.45, 2.75) is 13.0 Å². The molecule has 1 rings (SSSR count). The van der Waals surface area contributed by atoms with Crippen molar-refractivity contribution in [3.8, 4) is 0 Å². The topological polar surface area (TPSA) is 55.1 Å². The Morgan fingerprint density at radius 1 is 1.62 bits per heavy atom. The molecule has 6 heteroatoms. The van der Waals surface area contributed by atoms with E-state index in [1.165, 1.54) is 0 Å². The number of halogens is 2. The van der Waals surface area contributed by atoms with Gasteiger partial charge >= 0.3 is 0 Å². The average molecular weight is 322 g/mol. The van der Waals surface area contributed by atoms with Crippen molar-refractivity contribution in [2.24, 2.45) is 5.73 Å². The highest BCUT2D eigenvalue weighted by Gasteiger charge is 2.14. The van der Waals surface area contributed by atoms with Crippen molar-refractivity contribution < 1.29 is 4.79 Å². The molecule has 1 aromatic carbocycles. The van der Waals surface area contributed by atoms with Crippen LogP contribution < -0.4 is 11.1 Å². The summed E-state index contributed by atoms with van der Waals surface area (Å²) in [5, 5.41) is 3.04. The predicted molar refractivity (Wildman–Crippen MR) is 72.9 cm³/mol. The summed E-state index contributed by atoms with van der Waals surface area (Å²) < 4.78 is 0.782. The highest BCUT2D eigenvalue weighted by Crippen LogP contribution is 2.20. The normalized spacial score (nSPS) is 11.9. The highest BCUT2D eigenvalue weighted by atomic mass is 79.9. The van der Waals surface area contributed by atoms with Gasteiger partial charge in [-0.1, -0.05) is 39.7 Å². The van der Waals surface area contributed by atoms with Crippen LogP contribution >= 0.6 is 39.7 Å². The third-order valence-electron chi connectivity index (χ3n) is 1.95. The summed E-state index contributed by atoms with van der Waals surface area (Å²) in [4.78, 5) is 12.0. The van der Waals surface area contributed by atoms with Crippen molar-refractivity contribution in [1.82, 2.24) is 5.32 Å². The van der Waals surface area contributed by atoms with E-state index in [1.54, 1.807) is 25.1 Å². The molecule has 86 valence electrons. The summed E-state index contributed by atoms with van der Waals surface area (Å²) in [6, 6.07) is 4.68. The Bertz CT molecular complexity index is 439. The lowest BCUT2D eigenvalue weighted by Crippen LogP contribution is -2.41. The zero-order chi connectivity index (χ0) is 12.3. The number of amides is 1. The molecule has 0 saturated heterocycles. The zero-order valence-corrected chi connectivity index (χ0v) is 11.6. The molecule has 1 unspecified atom stereocenters. The van der Waals surface area contributed by atoms with Crippen molar-refractivity contribution in [2.75, 3.05) is 0 Å². The van der Waals surface area contributed by atoms with Gasteiger partial charge in [-0.3, -0.25) is 4.79 Å². The molecule has 0 saturated carbocycles. The van der Waals surface area contributed by atoms with Crippen LogP contribution in [0.4, 0.5) is 0 Å². The molecule has 0 fully saturated rings. The van der Waals surface area contributed by atoms with Gasteiger partial charge in [-0.2, -0.15) is 0 Å². The minimum atomic E-state index is -0.363. The van der Waals surface area contributed by atoms with Crippen LogP contribution in [0.1, 0.15) is 17.3 Å². The molecule has 0 aliphatic rings. The van der Waals surface area contributed by atoms with Crippen LogP contribution in [0.15, 0.2) is 22.7 Å². The Balaban J connectivity index is 2.88. The van der Waals surface area contributed by atoms with E-state index in [-0.39, 0.29) is 16.9 Å². The Hall–Kier alpha value is -0.650. The van der Waals surface area contributed by atoms with Gasteiger partial charge in [-0.25, -0.2) is 0 Å². The van der Waals surface area contributed by atoms with E-state index < -0.39 is 0 Å². The van der Waals surface area contributed by atoms with Crippen LogP contribution in [0.5, 0.6) is 0 Å². The van der Waals surface area contributed by atoms with E-state index in [0.717, 1.165) is 4.47 Å². The van der Waals surface area contributed by atoms with Gasteiger partial charge in [0.05, 0.1) is 21.6 Å². The number of hydrogen-bond acceptors (Lipinski definition) is 2. The first-order valence-electron chi connectivity index (χ1n) is 4.47. The van der Waals surface area contributed by atoms with Crippen LogP contribution in [0, 0.1) is 0 Å². The Labute approximate surface area is 112 Å². The predicted octanol–water partition coefficient (Wildman–Crippen LogP) is 2.51. The molecule has 3 nitrogen and oxygen atoms in total. The Morgan fingerprint density at radius 2 is 2.25 bits per heavy atom. The van der Waals surface area contributed by atoms with Gasteiger partial charge in [0.2, 0.25) is 0 Å². The number of carbonyl (C=O) groups is 1. The minimum absolute atomic E-state index is 0.236. The van der Waals surface area contributed by atoms with E-state index in [2.05, 4.69) is 21.2 Å². The number of thiocarbonyl (C=S) groups is 1. The SMILES string of the molecule is CC(NC(=O)c1cc(Br)ccc1Cl)C(N)=S. The smallest absolute Gasteiger partial charge is 0.253 e. The van der Waals surface area contributed by atoms with Gasteiger partial charge in [0.25, 0.3) is 5.91 Å². The quantitative estimate of drug-likeness (QED) is 0.841. The number of nitrogens with one attached hydrogen (secondary N) is 1. The Morgan fingerprint density at radius 3 is 2.81 bits per heavy atom. The second-order valence-corrected chi connectivity index (χ2v) is 5.02. The highest BCUT2D eigenvalue weighted by molar-refractivity contribution is 9.10. The Kier molecular flexibility index (Phi) is 4.70. The first-order chi connectivity index (χ1) is 7.41. The molecule has 1 amide bonds. The third-order valence-corrected chi connectivity index (χ3v) is 3.12. The van der Waals surface area contributed by atoms with Crippen LogP contribution in [0.2, 0.25) is 5.02 Å². The van der Waals surface area contributed by atoms with Gasteiger partial charge in [0.15, 0.2) is 0 Å². The molecule has 0 bridgehead atoms. The van der Waals surface area contributed by atoms with Gasteiger partial charge in [0.1, 0.15) is 0 Å². The number of rotatable bonds is 3. The molecular formula is C10H10BrClN2OS. The lowest BCUT2D eigenvalue weighted by atomic mass is 10.2. The fourth-order valence-electron chi connectivity index (χ4n) is 1.02. The third kappa shape index (κ3) is 3.43. The van der Waals surface area contributed by atoms with Crippen molar-refractivity contribution in [1.29, 1.82) is 0 Å². The molecule has 0 spiro atoms. The molecule has 1 atom stereocenters. The molecule has 0 radical (unpaired) electrons. The summed E-state index contributed by atoms with van der Waals surface area (Å²) in [5.41, 5.74) is 5.79. The van der Waals surface area contributed by atoms with Crippen molar-refractivity contribution >= 4 is 50.6 Å². The summed E-state index contributed by atoms with van der Waals surface area (Å²) in [7, 11) is 0. The first-order valence-corrected chi connectivity index (χ1v) is 6.05. The van der Waals surface area contributed by atoms with Gasteiger partial charge in [0, 0.05) is 4.47 Å². The molecule has 0 aromatic heterocycles. The maximum Gasteiger partial charge on any atom is 0.253 e. The zero-order valence-electron chi connectivity index (χ0n) is 8.46. The molecule has 3 N–H and O–H groups in total. The molecule has 0 aliphatic carbocycles. The lowest BCUT2D eigenvalue weighted by molar-refractivity contribution is 0.0949. The van der Waals surface area contributed by atoms with E-state index in [4.69, 9.17) is 29.6 Å². The molecule has 0 aliphatic heterocycles. The molecular weight excluding hydrogens is 312 g/mol. The van der Waals surface area contributed by atoms with Crippen LogP contribution in [0.25, 0.3) is 0 Å². The second kappa shape index (κ2) is 5.61. The molecule has 1 aromatic rings. The van der Waals surface area contributed by atoms with Crippen LogP contribution in [-0.2, 0) is 0 Å². The van der Waals surface area contributed by atoms with Gasteiger partial charge in [-0.15, -0.1) is 0 Å². The van der Waals surface area contributed by atoms with E-state index >= 15 is 0 Å². The fourth-order valence-corrected chi connectivity index (χ4v) is 1.64. The van der Waals surface area contributed by atoms with Crippen molar-refractivity contribution in [3.63, 3.8) is 0 Å². The fraction of sp³-hybridized carbons (Fsp3) is 0.200. The maximum absolute atomic E-state index is 11.8. The minimum Gasteiger partial charge on any atom is -0.392 e. The summed E-state index contributed by atoms with van der Waals surface area (Å²) >= 11 is 13.9. The standard InChI is InChI=1S/C10H10BrClN2OS/c1-5(9(13)16)14-10(15)7-4-6(11)2-3-8(7)12/h2-5H,1H3,(H2,13,16)(H,14,15). The van der Waals surface area contributed by atoms with Gasteiger partial charge in [-0.05, 0) is 25.1 Å². The molecule has 0 heterocycles. The van der Waals surface area contributed by atoms with Crippen LogP contribution in [0.3, 0.4) is 0 Å². The maximum atomic E-state index is 11.8. The largest absolute Gasteiger partial charge is 0.392 e. The van der Waals surface area contributed by atoms with Gasteiger partial charge < -0.3 is 11.1 Å². The van der Waals surface area contributed by atoms with Crippen LogP contribution in [-0.4, -0.2) is 16.9 Å². The van der Waals surface area contributed by atoms with E-state index in [0.29, 0.717) is 10.6 Å². The van der Waals surface area contributed by atoms with E-state index in [1.807, 2.05) is 0 Å². The molecule has 16 heavy (non-hydrogen) atoms. The average Bonchev–Trinajstić information content (AvgIpc) is 2.21. The number of carbonyl (C=O) groups excluding carboxylic acids is 1. The van der Waals surface area contributed by atoms with Crippen molar-refractivity contribution in [3.05, 3.63) is 33.3 Å². The summed E-state index contributed by atoms with van der Waals surface area (Å²) in [6.07, 6.45) is 0. The van der Waals surface area contributed by atoms with E-state index in [9.17, 15) is 4.79 Å². The summed E-state index contributed by atoms with van der Waals surface area (Å²) in [5.74, 6) is -0.299.